The van der Waals surface area contributed by atoms with Crippen molar-refractivity contribution in [3.63, 3.8) is 0 Å². The highest BCUT2D eigenvalue weighted by molar-refractivity contribution is 7.86. The summed E-state index contributed by atoms with van der Waals surface area (Å²) in [5.74, 6) is -0.114. The van der Waals surface area contributed by atoms with Gasteiger partial charge in [-0.25, -0.2) is 4.79 Å². The number of amides is 1. The number of carbonyl (C=O) groups excluding carboxylic acids is 1. The normalized spacial score (nSPS) is 12.2. The van der Waals surface area contributed by atoms with Crippen molar-refractivity contribution < 1.29 is 22.2 Å². The zero-order valence-corrected chi connectivity index (χ0v) is 11.6. The minimum Gasteiger partial charge on any atom is -0.442 e. The fourth-order valence-electron chi connectivity index (χ4n) is 0.967. The van der Waals surface area contributed by atoms with Crippen LogP contribution in [0.3, 0.4) is 0 Å². The topological polar surface area (TPSA) is 81.7 Å². The average Bonchev–Trinajstić information content (AvgIpc) is 2.13. The van der Waals surface area contributed by atoms with Gasteiger partial charge in [0.15, 0.2) is 0 Å². The highest BCUT2D eigenvalue weighted by Gasteiger charge is 2.19. The Bertz CT molecular complexity index is 331. The molecule has 0 bridgehead atoms. The maximum Gasteiger partial charge on any atom is 0.432 e. The van der Waals surface area contributed by atoms with E-state index in [1.807, 2.05) is 6.92 Å². The van der Waals surface area contributed by atoms with Crippen LogP contribution in [0.4, 0.5) is 4.79 Å². The predicted molar refractivity (Wildman–Crippen MR) is 63.8 cm³/mol. The number of rotatable bonds is 6. The summed E-state index contributed by atoms with van der Waals surface area (Å²) < 4.78 is 31.7. The molecule has 0 aromatic heterocycles. The molecule has 102 valence electrons. The third kappa shape index (κ3) is 10.1. The van der Waals surface area contributed by atoms with Crippen LogP contribution < -0.4 is 5.48 Å². The number of hydrogen-bond donors (Lipinski definition) is 1. The zero-order valence-electron chi connectivity index (χ0n) is 10.8. The van der Waals surface area contributed by atoms with E-state index in [9.17, 15) is 13.2 Å². The monoisotopic (exact) mass is 267 g/mol. The summed E-state index contributed by atoms with van der Waals surface area (Å²) in [7, 11) is -3.72. The lowest BCUT2D eigenvalue weighted by Crippen LogP contribution is -2.34. The smallest absolute Gasteiger partial charge is 0.432 e. The Kier molecular flexibility index (Phi) is 6.48. The lowest BCUT2D eigenvalue weighted by atomic mass is 10.2. The maximum atomic E-state index is 11.3. The van der Waals surface area contributed by atoms with Gasteiger partial charge in [0.1, 0.15) is 5.60 Å². The van der Waals surface area contributed by atoms with Crippen LogP contribution in [0, 0.1) is 0 Å². The largest absolute Gasteiger partial charge is 0.442 e. The number of carbonyl (C=O) groups is 1. The van der Waals surface area contributed by atoms with Gasteiger partial charge >= 0.3 is 6.09 Å². The van der Waals surface area contributed by atoms with E-state index >= 15 is 0 Å². The van der Waals surface area contributed by atoms with Crippen molar-refractivity contribution in [2.24, 2.45) is 0 Å². The predicted octanol–water partition coefficient (Wildman–Crippen LogP) is 1.96. The zero-order chi connectivity index (χ0) is 13.5. The van der Waals surface area contributed by atoms with Crippen LogP contribution in [0.1, 0.15) is 47.0 Å². The van der Waals surface area contributed by atoms with Gasteiger partial charge in [0.2, 0.25) is 0 Å². The third-order valence-electron chi connectivity index (χ3n) is 1.65. The molecule has 0 saturated heterocycles. The van der Waals surface area contributed by atoms with Crippen LogP contribution in [-0.2, 0) is 19.1 Å². The number of hydroxylamine groups is 1. The van der Waals surface area contributed by atoms with Crippen LogP contribution >= 0.6 is 0 Å². The van der Waals surface area contributed by atoms with Crippen molar-refractivity contribution in [3.8, 4) is 0 Å². The first-order valence-electron chi connectivity index (χ1n) is 5.56. The molecule has 0 unspecified atom stereocenters. The van der Waals surface area contributed by atoms with Crippen molar-refractivity contribution in [1.29, 1.82) is 0 Å². The second-order valence-electron chi connectivity index (χ2n) is 4.66. The van der Waals surface area contributed by atoms with E-state index in [2.05, 4.69) is 4.28 Å². The van der Waals surface area contributed by atoms with Crippen LogP contribution in [0.5, 0.6) is 0 Å². The summed E-state index contributed by atoms with van der Waals surface area (Å²) in [6.45, 7) is 6.97. The summed E-state index contributed by atoms with van der Waals surface area (Å²) in [6, 6.07) is 0. The van der Waals surface area contributed by atoms with E-state index in [1.165, 1.54) is 0 Å². The molecule has 1 amide bonds. The van der Waals surface area contributed by atoms with Gasteiger partial charge < -0.3 is 4.74 Å². The second kappa shape index (κ2) is 6.80. The maximum absolute atomic E-state index is 11.3. The van der Waals surface area contributed by atoms with E-state index in [-0.39, 0.29) is 5.75 Å². The fourth-order valence-corrected chi connectivity index (χ4v) is 1.80. The lowest BCUT2D eigenvalue weighted by Gasteiger charge is -2.19. The molecule has 0 aliphatic carbocycles. The Morgan fingerprint density at radius 1 is 1.24 bits per heavy atom. The minimum absolute atomic E-state index is 0.114. The van der Waals surface area contributed by atoms with Gasteiger partial charge in [-0.05, 0) is 27.2 Å². The molecule has 0 rings (SSSR count). The first-order chi connectivity index (χ1) is 7.66. The van der Waals surface area contributed by atoms with Crippen LogP contribution in [0.15, 0.2) is 0 Å². The van der Waals surface area contributed by atoms with Gasteiger partial charge in [0, 0.05) is 0 Å². The molecule has 1 N–H and O–H groups in total. The van der Waals surface area contributed by atoms with Gasteiger partial charge in [0.05, 0.1) is 5.75 Å². The summed E-state index contributed by atoms with van der Waals surface area (Å²) in [5, 5.41) is 0. The van der Waals surface area contributed by atoms with Crippen LogP contribution in [0.2, 0.25) is 0 Å². The van der Waals surface area contributed by atoms with Gasteiger partial charge in [-0.2, -0.15) is 13.9 Å². The SMILES string of the molecule is CCCCCS(=O)(=O)ONC(=O)OC(C)(C)C. The molecule has 17 heavy (non-hydrogen) atoms. The molecule has 0 aliphatic heterocycles. The van der Waals surface area contributed by atoms with E-state index in [0.29, 0.717) is 6.42 Å². The molecule has 0 aromatic rings. The summed E-state index contributed by atoms with van der Waals surface area (Å²) in [6.07, 6.45) is 1.30. The van der Waals surface area contributed by atoms with Crippen molar-refractivity contribution in [2.75, 3.05) is 5.75 Å². The standard InChI is InChI=1S/C10H21NO5S/c1-5-6-7-8-17(13,14)16-11-9(12)15-10(2,3)4/h5-8H2,1-4H3,(H,11,12). The van der Waals surface area contributed by atoms with Crippen molar-refractivity contribution in [3.05, 3.63) is 0 Å². The molecule has 0 heterocycles. The molecular weight excluding hydrogens is 246 g/mol. The molecule has 0 saturated carbocycles. The summed E-state index contributed by atoms with van der Waals surface area (Å²) in [5.41, 5.74) is 1.06. The number of ether oxygens (including phenoxy) is 1. The Hall–Kier alpha value is -0.820. The summed E-state index contributed by atoms with van der Waals surface area (Å²) in [4.78, 5) is 11.1. The van der Waals surface area contributed by atoms with E-state index in [4.69, 9.17) is 4.74 Å². The minimum atomic E-state index is -3.72. The van der Waals surface area contributed by atoms with Crippen molar-refractivity contribution in [1.82, 2.24) is 5.48 Å². The van der Waals surface area contributed by atoms with Crippen LogP contribution in [0.25, 0.3) is 0 Å². The number of nitrogens with one attached hydrogen (secondary N) is 1. The van der Waals surface area contributed by atoms with Crippen molar-refractivity contribution in [2.45, 2.75) is 52.6 Å². The average molecular weight is 267 g/mol. The second-order valence-corrected chi connectivity index (χ2v) is 6.35. The van der Waals surface area contributed by atoms with E-state index in [1.54, 1.807) is 26.3 Å². The molecule has 6 nitrogen and oxygen atoms in total. The van der Waals surface area contributed by atoms with Crippen LogP contribution in [-0.4, -0.2) is 25.9 Å². The third-order valence-corrected chi connectivity index (χ3v) is 2.77. The molecule has 0 radical (unpaired) electrons. The van der Waals surface area contributed by atoms with E-state index < -0.39 is 21.8 Å². The highest BCUT2D eigenvalue weighted by atomic mass is 32.2. The molecule has 7 heteroatoms. The Morgan fingerprint density at radius 3 is 2.29 bits per heavy atom. The molecule has 0 aromatic carbocycles. The first kappa shape index (κ1) is 16.2. The quantitative estimate of drug-likeness (QED) is 0.587. The van der Waals surface area contributed by atoms with Gasteiger partial charge in [-0.1, -0.05) is 19.8 Å². The Balaban J connectivity index is 3.97. The fraction of sp³-hybridized carbons (Fsp3) is 0.900. The van der Waals surface area contributed by atoms with E-state index in [0.717, 1.165) is 12.8 Å². The lowest BCUT2D eigenvalue weighted by molar-refractivity contribution is 0.0298. The van der Waals surface area contributed by atoms with Crippen molar-refractivity contribution >= 4 is 16.2 Å². The molecule has 0 spiro atoms. The Morgan fingerprint density at radius 2 is 1.82 bits per heavy atom. The molecule has 0 atom stereocenters. The number of unbranched alkanes of at least 4 members (excludes halogenated alkanes) is 2. The first-order valence-corrected chi connectivity index (χ1v) is 7.14. The van der Waals surface area contributed by atoms with Gasteiger partial charge in [0.25, 0.3) is 10.1 Å². The molecule has 0 fully saturated rings. The van der Waals surface area contributed by atoms with Gasteiger partial charge in [-0.15, -0.1) is 4.28 Å². The molecular formula is C10H21NO5S. The van der Waals surface area contributed by atoms with Gasteiger partial charge in [-0.3, -0.25) is 0 Å². The summed E-state index contributed by atoms with van der Waals surface area (Å²) >= 11 is 0. The highest BCUT2D eigenvalue weighted by Crippen LogP contribution is 2.07. The number of hydrogen-bond acceptors (Lipinski definition) is 5. The Labute approximate surface area is 103 Å². The molecule has 0 aliphatic rings.